The van der Waals surface area contributed by atoms with Crippen LogP contribution in [0, 0.1) is 12.7 Å². The third-order valence-electron chi connectivity index (χ3n) is 5.67. The van der Waals surface area contributed by atoms with E-state index in [9.17, 15) is 4.39 Å². The number of fused-ring (bicyclic) bond motifs is 1. The monoisotopic (exact) mass is 499 g/mol. The lowest BCUT2D eigenvalue weighted by Crippen LogP contribution is -2.19. The van der Waals surface area contributed by atoms with Crippen molar-refractivity contribution >= 4 is 50.9 Å². The van der Waals surface area contributed by atoms with Gasteiger partial charge in [-0.3, -0.25) is 0 Å². The van der Waals surface area contributed by atoms with Crippen LogP contribution >= 0.6 is 34.3 Å². The molecule has 2 N–H and O–H groups in total. The lowest BCUT2D eigenvalue weighted by atomic mass is 9.91. The first-order chi connectivity index (χ1) is 16.0. The number of nitrogens with zero attached hydrogens (tertiary/aromatic N) is 3. The van der Waals surface area contributed by atoms with Gasteiger partial charge in [0.05, 0.1) is 33.0 Å². The van der Waals surface area contributed by atoms with Crippen molar-refractivity contribution in [3.8, 4) is 10.6 Å². The van der Waals surface area contributed by atoms with Crippen molar-refractivity contribution in [2.24, 2.45) is 0 Å². The Hall–Kier alpha value is -2.55. The molecule has 5 nitrogen and oxygen atoms in total. The molecule has 0 spiro atoms. The second kappa shape index (κ2) is 9.37. The molecule has 0 aliphatic heterocycles. The van der Waals surface area contributed by atoms with Gasteiger partial charge in [0, 0.05) is 16.1 Å². The summed E-state index contributed by atoms with van der Waals surface area (Å²) in [5.74, 6) is 0.422. The molecule has 0 saturated carbocycles. The minimum absolute atomic E-state index is 0.0134. The average molecular weight is 500 g/mol. The number of nitrogens with one attached hydrogen (secondary N) is 2. The number of aryl methyl sites for hydroxylation is 3. The fourth-order valence-corrected chi connectivity index (χ4v) is 5.97. The molecule has 1 aliphatic rings. The van der Waals surface area contributed by atoms with Crippen LogP contribution in [0.3, 0.4) is 0 Å². The Bertz CT molecular complexity index is 1300. The molecule has 0 fully saturated rings. The van der Waals surface area contributed by atoms with Gasteiger partial charge in [-0.05, 0) is 62.4 Å². The van der Waals surface area contributed by atoms with Gasteiger partial charge in [0.25, 0.3) is 0 Å². The summed E-state index contributed by atoms with van der Waals surface area (Å²) in [6.45, 7) is 4.15. The maximum absolute atomic E-state index is 14.3. The summed E-state index contributed by atoms with van der Waals surface area (Å²) in [5, 5.41) is 11.1. The summed E-state index contributed by atoms with van der Waals surface area (Å²) < 4.78 is 14.3. The molecule has 170 valence electrons. The van der Waals surface area contributed by atoms with E-state index in [1.807, 2.05) is 13.0 Å². The Balaban J connectivity index is 1.33. The number of anilines is 3. The zero-order chi connectivity index (χ0) is 22.9. The van der Waals surface area contributed by atoms with Crippen molar-refractivity contribution in [3.05, 3.63) is 68.5 Å². The minimum Gasteiger partial charge on any atom is -0.376 e. The molecular formula is C24H23ClFN5S2. The number of pyridine rings is 1. The summed E-state index contributed by atoms with van der Waals surface area (Å²) in [6, 6.07) is 8.76. The van der Waals surface area contributed by atoms with Crippen molar-refractivity contribution in [2.75, 3.05) is 10.6 Å². The summed E-state index contributed by atoms with van der Waals surface area (Å²) in [7, 11) is 0. The fraction of sp³-hybridized carbons (Fsp3) is 0.292. The van der Waals surface area contributed by atoms with Crippen LogP contribution < -0.4 is 10.6 Å². The molecule has 0 bridgehead atoms. The first-order valence-electron chi connectivity index (χ1n) is 10.9. The van der Waals surface area contributed by atoms with E-state index in [0.717, 1.165) is 69.2 Å². The van der Waals surface area contributed by atoms with Crippen molar-refractivity contribution in [1.29, 1.82) is 0 Å². The molecule has 1 aromatic carbocycles. The molecule has 1 unspecified atom stereocenters. The van der Waals surface area contributed by atoms with Gasteiger partial charge in [-0.2, -0.15) is 0 Å². The topological polar surface area (TPSA) is 62.7 Å². The second-order valence-electron chi connectivity index (χ2n) is 7.98. The van der Waals surface area contributed by atoms with Crippen LogP contribution in [0.25, 0.3) is 10.6 Å². The highest BCUT2D eigenvalue weighted by molar-refractivity contribution is 7.16. The number of thiazole rings is 2. The fourth-order valence-electron chi connectivity index (χ4n) is 4.06. The number of halogens is 2. The molecule has 3 heterocycles. The van der Waals surface area contributed by atoms with Crippen LogP contribution in [0.1, 0.15) is 47.8 Å². The molecule has 0 radical (unpaired) electrons. The maximum atomic E-state index is 14.3. The molecular weight excluding hydrogens is 477 g/mol. The van der Waals surface area contributed by atoms with Gasteiger partial charge >= 0.3 is 0 Å². The van der Waals surface area contributed by atoms with Gasteiger partial charge in [-0.15, -0.1) is 22.7 Å². The van der Waals surface area contributed by atoms with E-state index in [1.165, 1.54) is 6.07 Å². The van der Waals surface area contributed by atoms with Crippen LogP contribution in [-0.4, -0.2) is 15.0 Å². The van der Waals surface area contributed by atoms with Gasteiger partial charge in [0.2, 0.25) is 0 Å². The number of rotatable bonds is 6. The molecule has 9 heteroatoms. The molecule has 1 aliphatic carbocycles. The molecule has 0 saturated heterocycles. The zero-order valence-corrected chi connectivity index (χ0v) is 20.7. The lowest BCUT2D eigenvalue weighted by molar-refractivity contribution is 0.578. The molecule has 1 atom stereocenters. The zero-order valence-electron chi connectivity index (χ0n) is 18.3. The first-order valence-corrected chi connectivity index (χ1v) is 13.0. The Morgan fingerprint density at radius 3 is 2.85 bits per heavy atom. The van der Waals surface area contributed by atoms with Gasteiger partial charge < -0.3 is 10.6 Å². The quantitative estimate of drug-likeness (QED) is 0.286. The summed E-state index contributed by atoms with van der Waals surface area (Å²) in [6.07, 6.45) is 3.74. The van der Waals surface area contributed by atoms with Crippen LogP contribution in [0.5, 0.6) is 0 Å². The van der Waals surface area contributed by atoms with Gasteiger partial charge in [-0.25, -0.2) is 19.3 Å². The van der Waals surface area contributed by atoms with Crippen LogP contribution in [0.15, 0.2) is 35.7 Å². The maximum Gasteiger partial charge on any atom is 0.188 e. The predicted octanol–water partition coefficient (Wildman–Crippen LogP) is 7.56. The highest BCUT2D eigenvalue weighted by Crippen LogP contribution is 2.36. The minimum atomic E-state index is -0.345. The van der Waals surface area contributed by atoms with Crippen molar-refractivity contribution < 1.29 is 4.39 Å². The Morgan fingerprint density at radius 1 is 1.18 bits per heavy atom. The van der Waals surface area contributed by atoms with Crippen LogP contribution in [0.4, 0.5) is 21.0 Å². The summed E-state index contributed by atoms with van der Waals surface area (Å²) in [4.78, 5) is 15.3. The normalized spacial score (nSPS) is 15.3. The van der Waals surface area contributed by atoms with Crippen molar-refractivity contribution in [1.82, 2.24) is 15.0 Å². The first kappa shape index (κ1) is 22.3. The largest absolute Gasteiger partial charge is 0.376 e. The van der Waals surface area contributed by atoms with Crippen molar-refractivity contribution in [3.63, 3.8) is 0 Å². The van der Waals surface area contributed by atoms with Gasteiger partial charge in [0.15, 0.2) is 5.13 Å². The molecule has 0 amide bonds. The Kier molecular flexibility index (Phi) is 6.32. The smallest absolute Gasteiger partial charge is 0.188 e. The number of hydrogen-bond acceptors (Lipinski definition) is 7. The molecule has 33 heavy (non-hydrogen) atoms. The summed E-state index contributed by atoms with van der Waals surface area (Å²) >= 11 is 9.15. The van der Waals surface area contributed by atoms with Gasteiger partial charge in [-0.1, -0.05) is 24.6 Å². The number of aromatic nitrogens is 3. The third kappa shape index (κ3) is 4.74. The van der Waals surface area contributed by atoms with E-state index in [-0.39, 0.29) is 11.9 Å². The Morgan fingerprint density at radius 2 is 2.06 bits per heavy atom. The predicted molar refractivity (Wildman–Crippen MR) is 136 cm³/mol. The average Bonchev–Trinajstić information content (AvgIpc) is 3.41. The molecule has 3 aromatic heterocycles. The molecule has 4 aromatic rings. The third-order valence-corrected chi connectivity index (χ3v) is 7.98. The van der Waals surface area contributed by atoms with Gasteiger partial charge in [0.1, 0.15) is 11.6 Å². The second-order valence-corrected chi connectivity index (χ2v) is 10.4. The van der Waals surface area contributed by atoms with E-state index in [4.69, 9.17) is 21.6 Å². The standard InChI is InChI=1S/C24H23ClFN5S2/c1-3-22-27-13(2)23(33-22)20-12-32-24(30-20)31-21-10-8-15-17(5-4-6-18(15)29-21)28-19-9-7-14(25)11-16(19)26/h7-12,17,28H,3-6H2,1-2H3,(H,29,30,31). The van der Waals surface area contributed by atoms with E-state index >= 15 is 0 Å². The highest BCUT2D eigenvalue weighted by Gasteiger charge is 2.23. The highest BCUT2D eigenvalue weighted by atomic mass is 35.5. The molecule has 5 rings (SSSR count). The number of benzene rings is 1. The summed E-state index contributed by atoms with van der Waals surface area (Å²) in [5.41, 5.74) is 4.56. The lowest BCUT2D eigenvalue weighted by Gasteiger charge is -2.27. The number of hydrogen-bond donors (Lipinski definition) is 2. The Labute approximate surface area is 205 Å². The van der Waals surface area contributed by atoms with Crippen LogP contribution in [0.2, 0.25) is 5.02 Å². The van der Waals surface area contributed by atoms with E-state index in [1.54, 1.807) is 34.8 Å². The van der Waals surface area contributed by atoms with Crippen LogP contribution in [-0.2, 0) is 12.8 Å². The van der Waals surface area contributed by atoms with E-state index in [2.05, 4.69) is 34.0 Å². The van der Waals surface area contributed by atoms with E-state index in [0.29, 0.717) is 10.7 Å². The SMILES string of the molecule is CCc1nc(C)c(-c2csc(Nc3ccc4c(n3)CCCC4Nc3ccc(Cl)cc3F)n2)s1. The van der Waals surface area contributed by atoms with Crippen molar-refractivity contribution in [2.45, 2.75) is 45.6 Å². The van der Waals surface area contributed by atoms with E-state index < -0.39 is 0 Å².